The van der Waals surface area contributed by atoms with Crippen molar-refractivity contribution in [2.24, 2.45) is 0 Å². The van der Waals surface area contributed by atoms with Gasteiger partial charge in [0.25, 0.3) is 11.5 Å². The number of nitrogens with zero attached hydrogens (tertiary/aromatic N) is 2. The van der Waals surface area contributed by atoms with Crippen LogP contribution in [0.1, 0.15) is 72.2 Å². The lowest BCUT2D eigenvalue weighted by Crippen LogP contribution is -2.43. The van der Waals surface area contributed by atoms with Crippen molar-refractivity contribution in [3.63, 3.8) is 0 Å². The summed E-state index contributed by atoms with van der Waals surface area (Å²) in [5, 5.41) is 0. The Hall–Kier alpha value is -2.74. The normalized spacial score (nSPS) is 19.6. The molecule has 2 aliphatic rings. The third kappa shape index (κ3) is 3.44. The second-order valence-corrected chi connectivity index (χ2v) is 7.21. The van der Waals surface area contributed by atoms with E-state index in [0.29, 0.717) is 29.7 Å². The average molecular weight is 369 g/mol. The molecule has 0 saturated heterocycles. The van der Waals surface area contributed by atoms with Gasteiger partial charge in [0.15, 0.2) is 0 Å². The molecule has 27 heavy (non-hydrogen) atoms. The summed E-state index contributed by atoms with van der Waals surface area (Å²) in [6.07, 6.45) is 9.36. The highest BCUT2D eigenvalue weighted by atomic mass is 16.2. The zero-order chi connectivity index (χ0) is 18.8. The molecule has 3 N–H and O–H groups in total. The largest absolute Gasteiger partial charge is 0.328 e. The van der Waals surface area contributed by atoms with Crippen LogP contribution in [0.25, 0.3) is 0 Å². The third-order valence-corrected chi connectivity index (χ3v) is 5.54. The molecule has 0 radical (unpaired) electrons. The summed E-state index contributed by atoms with van der Waals surface area (Å²) in [6.45, 7) is 0. The van der Waals surface area contributed by atoms with E-state index in [1.54, 1.807) is 24.5 Å². The van der Waals surface area contributed by atoms with Gasteiger partial charge in [0.1, 0.15) is 0 Å². The highest BCUT2D eigenvalue weighted by Gasteiger charge is 2.30. The van der Waals surface area contributed by atoms with Crippen LogP contribution in [-0.4, -0.2) is 20.4 Å². The van der Waals surface area contributed by atoms with E-state index in [-0.39, 0.29) is 29.2 Å². The molecular formula is C19H23N5O3. The summed E-state index contributed by atoms with van der Waals surface area (Å²) in [7, 11) is 0. The molecule has 0 aliphatic heterocycles. The topological polar surface area (TPSA) is 109 Å². The Bertz CT molecular complexity index is 944. The number of rotatable bonds is 4. The first kappa shape index (κ1) is 17.7. The zero-order valence-corrected chi connectivity index (χ0v) is 15.0. The highest BCUT2D eigenvalue weighted by Crippen LogP contribution is 2.28. The van der Waals surface area contributed by atoms with Gasteiger partial charge in [-0.1, -0.05) is 19.3 Å². The first-order valence-electron chi connectivity index (χ1n) is 9.48. The van der Waals surface area contributed by atoms with Crippen molar-refractivity contribution in [2.45, 2.75) is 57.0 Å². The fraction of sp³-hybridized carbons (Fsp3) is 0.474. The van der Waals surface area contributed by atoms with Gasteiger partial charge < -0.3 is 4.98 Å². The molecule has 2 aliphatic carbocycles. The first-order valence-corrected chi connectivity index (χ1v) is 9.48. The van der Waals surface area contributed by atoms with E-state index >= 15 is 0 Å². The van der Waals surface area contributed by atoms with E-state index < -0.39 is 0 Å². The smallest absolute Gasteiger partial charge is 0.309 e. The molecule has 1 saturated carbocycles. The van der Waals surface area contributed by atoms with Gasteiger partial charge in [-0.15, -0.1) is 0 Å². The number of hydrogen-bond acceptors (Lipinski definition) is 5. The number of amides is 1. The lowest BCUT2D eigenvalue weighted by Gasteiger charge is -2.23. The van der Waals surface area contributed by atoms with Crippen LogP contribution in [-0.2, 0) is 6.42 Å². The number of carbonyl (C=O) groups excluding carboxylic acids is 1. The summed E-state index contributed by atoms with van der Waals surface area (Å²) < 4.78 is 1.41. The summed E-state index contributed by atoms with van der Waals surface area (Å²) >= 11 is 0. The van der Waals surface area contributed by atoms with Crippen molar-refractivity contribution in [2.75, 3.05) is 0 Å². The summed E-state index contributed by atoms with van der Waals surface area (Å²) in [4.78, 5) is 44.4. The predicted octanol–water partition coefficient (Wildman–Crippen LogP) is 1.36. The maximum Gasteiger partial charge on any atom is 0.328 e. The molecule has 1 unspecified atom stereocenters. The molecule has 1 atom stereocenters. The Morgan fingerprint density at radius 2 is 1.85 bits per heavy atom. The minimum atomic E-state index is -0.347. The summed E-state index contributed by atoms with van der Waals surface area (Å²) in [5.41, 5.74) is 6.80. The Labute approximate surface area is 156 Å². The van der Waals surface area contributed by atoms with E-state index in [4.69, 9.17) is 0 Å². The van der Waals surface area contributed by atoms with Crippen molar-refractivity contribution in [1.29, 1.82) is 0 Å². The zero-order valence-electron chi connectivity index (χ0n) is 15.0. The summed E-state index contributed by atoms with van der Waals surface area (Å²) in [5.74, 6) is -0.288. The predicted molar refractivity (Wildman–Crippen MR) is 99.3 cm³/mol. The summed E-state index contributed by atoms with van der Waals surface area (Å²) in [6, 6.07) is 2.94. The van der Waals surface area contributed by atoms with Crippen LogP contribution in [0.3, 0.4) is 0 Å². The van der Waals surface area contributed by atoms with Gasteiger partial charge in [0, 0.05) is 35.3 Å². The monoisotopic (exact) mass is 369 g/mol. The van der Waals surface area contributed by atoms with Gasteiger partial charge in [-0.25, -0.2) is 10.2 Å². The molecule has 4 rings (SSSR count). The third-order valence-electron chi connectivity index (χ3n) is 5.54. The van der Waals surface area contributed by atoms with Crippen molar-refractivity contribution >= 4 is 5.91 Å². The van der Waals surface area contributed by atoms with Gasteiger partial charge in [-0.3, -0.25) is 24.6 Å². The maximum atomic E-state index is 12.9. The molecule has 0 spiro atoms. The van der Waals surface area contributed by atoms with E-state index in [0.717, 1.165) is 32.1 Å². The van der Waals surface area contributed by atoms with Crippen LogP contribution in [0.5, 0.6) is 0 Å². The maximum absolute atomic E-state index is 12.9. The Kier molecular flexibility index (Phi) is 4.89. The molecule has 0 bridgehead atoms. The number of aromatic nitrogens is 3. The lowest BCUT2D eigenvalue weighted by molar-refractivity contribution is 0.0924. The fourth-order valence-electron chi connectivity index (χ4n) is 4.12. The number of hydrazine groups is 1. The standard InChI is InChI=1S/C19H23N5O3/c25-17(12-8-10-20-11-9-12)23-22-15-7-6-14-16(15)21-19(27)24(18(14)26)13-4-2-1-3-5-13/h8-11,13,15,22H,1-7H2,(H,21,27)(H,23,25). The number of pyridine rings is 1. The van der Waals surface area contributed by atoms with Crippen LogP contribution in [0.4, 0.5) is 0 Å². The van der Waals surface area contributed by atoms with Crippen LogP contribution < -0.4 is 22.1 Å². The number of nitrogens with one attached hydrogen (secondary N) is 3. The minimum absolute atomic E-state index is 0.00120. The van der Waals surface area contributed by atoms with E-state index in [2.05, 4.69) is 20.8 Å². The highest BCUT2D eigenvalue weighted by molar-refractivity contribution is 5.93. The Morgan fingerprint density at radius 3 is 2.59 bits per heavy atom. The van der Waals surface area contributed by atoms with Crippen molar-refractivity contribution in [1.82, 2.24) is 25.4 Å². The first-order chi connectivity index (χ1) is 13.1. The van der Waals surface area contributed by atoms with Gasteiger partial charge in [-0.2, -0.15) is 0 Å². The van der Waals surface area contributed by atoms with E-state index in [1.807, 2.05) is 0 Å². The molecular weight excluding hydrogens is 346 g/mol. The molecule has 2 aromatic heterocycles. The average Bonchev–Trinajstić information content (AvgIpc) is 3.10. The molecule has 142 valence electrons. The number of H-pyrrole nitrogens is 1. The molecule has 2 aromatic rings. The number of fused-ring (bicyclic) bond motifs is 1. The second-order valence-electron chi connectivity index (χ2n) is 7.21. The molecule has 0 aromatic carbocycles. The van der Waals surface area contributed by atoms with Gasteiger partial charge in [-0.05, 0) is 37.8 Å². The number of carbonyl (C=O) groups is 1. The Balaban J connectivity index is 1.53. The van der Waals surface area contributed by atoms with Crippen LogP contribution in [0, 0.1) is 0 Å². The molecule has 8 heteroatoms. The van der Waals surface area contributed by atoms with Crippen molar-refractivity contribution < 1.29 is 4.79 Å². The second kappa shape index (κ2) is 7.48. The van der Waals surface area contributed by atoms with Crippen LogP contribution in [0.15, 0.2) is 34.1 Å². The van der Waals surface area contributed by atoms with Crippen LogP contribution in [0.2, 0.25) is 0 Å². The van der Waals surface area contributed by atoms with Crippen molar-refractivity contribution in [3.8, 4) is 0 Å². The molecule has 1 fully saturated rings. The SMILES string of the molecule is O=C(NNC1CCc2c1[nH]c(=O)n(C1CCCCC1)c2=O)c1ccncc1. The number of aromatic amines is 1. The minimum Gasteiger partial charge on any atom is -0.309 e. The lowest BCUT2D eigenvalue weighted by atomic mass is 9.95. The molecule has 2 heterocycles. The quantitative estimate of drug-likeness (QED) is 0.705. The van der Waals surface area contributed by atoms with Crippen molar-refractivity contribution in [3.05, 3.63) is 62.2 Å². The molecule has 8 nitrogen and oxygen atoms in total. The molecule has 1 amide bonds. The van der Waals surface area contributed by atoms with E-state index in [9.17, 15) is 14.4 Å². The van der Waals surface area contributed by atoms with Gasteiger partial charge in [0.2, 0.25) is 0 Å². The number of hydrogen-bond donors (Lipinski definition) is 3. The van der Waals surface area contributed by atoms with Gasteiger partial charge in [0.05, 0.1) is 6.04 Å². The van der Waals surface area contributed by atoms with E-state index in [1.165, 1.54) is 4.57 Å². The van der Waals surface area contributed by atoms with Gasteiger partial charge >= 0.3 is 5.69 Å². The fourth-order valence-corrected chi connectivity index (χ4v) is 4.12. The Morgan fingerprint density at radius 1 is 1.11 bits per heavy atom. The van der Waals surface area contributed by atoms with Crippen LogP contribution >= 0.6 is 0 Å².